The van der Waals surface area contributed by atoms with Crippen molar-refractivity contribution in [1.82, 2.24) is 14.6 Å². The van der Waals surface area contributed by atoms with Gasteiger partial charge in [-0.15, -0.1) is 11.3 Å². The summed E-state index contributed by atoms with van der Waals surface area (Å²) in [5.74, 6) is 0. The SMILES string of the molecule is Cc1csc(NS(=O)(=O)N(C)CCCNC2CC2)n1. The molecule has 2 rings (SSSR count). The van der Waals surface area contributed by atoms with Crippen LogP contribution in [0.4, 0.5) is 5.13 Å². The molecule has 0 spiro atoms. The minimum Gasteiger partial charge on any atom is -0.314 e. The molecular formula is C11H20N4O2S2. The van der Waals surface area contributed by atoms with Crippen LogP contribution in [0.15, 0.2) is 5.38 Å². The van der Waals surface area contributed by atoms with Crippen molar-refractivity contribution in [2.24, 2.45) is 0 Å². The van der Waals surface area contributed by atoms with Gasteiger partial charge in [-0.3, -0.25) is 0 Å². The normalized spacial score (nSPS) is 15.9. The van der Waals surface area contributed by atoms with E-state index >= 15 is 0 Å². The van der Waals surface area contributed by atoms with Gasteiger partial charge in [0.1, 0.15) is 0 Å². The number of hydrogen-bond acceptors (Lipinski definition) is 5. The minimum absolute atomic E-state index is 0.417. The Hall–Kier alpha value is -0.700. The van der Waals surface area contributed by atoms with Crippen LogP contribution in [0.25, 0.3) is 0 Å². The van der Waals surface area contributed by atoms with Gasteiger partial charge < -0.3 is 5.32 Å². The van der Waals surface area contributed by atoms with E-state index in [1.54, 1.807) is 7.05 Å². The molecule has 0 saturated heterocycles. The summed E-state index contributed by atoms with van der Waals surface area (Å²) in [6.07, 6.45) is 3.31. The Morgan fingerprint density at radius 3 is 2.84 bits per heavy atom. The van der Waals surface area contributed by atoms with Gasteiger partial charge in [0.25, 0.3) is 0 Å². The molecule has 0 amide bonds. The van der Waals surface area contributed by atoms with Crippen molar-refractivity contribution in [3.63, 3.8) is 0 Å². The molecule has 0 radical (unpaired) electrons. The third-order valence-corrected chi connectivity index (χ3v) is 5.37. The summed E-state index contributed by atoms with van der Waals surface area (Å²) in [5.41, 5.74) is 0.819. The Labute approximate surface area is 118 Å². The summed E-state index contributed by atoms with van der Waals surface area (Å²) >= 11 is 1.29. The Morgan fingerprint density at radius 2 is 2.26 bits per heavy atom. The fourth-order valence-electron chi connectivity index (χ4n) is 1.60. The smallest absolute Gasteiger partial charge is 0.303 e. The van der Waals surface area contributed by atoms with Gasteiger partial charge in [0.05, 0.1) is 5.69 Å². The van der Waals surface area contributed by atoms with Crippen molar-refractivity contribution < 1.29 is 8.42 Å². The largest absolute Gasteiger partial charge is 0.314 e. The monoisotopic (exact) mass is 304 g/mol. The second kappa shape index (κ2) is 6.17. The van der Waals surface area contributed by atoms with E-state index in [2.05, 4.69) is 15.0 Å². The number of aromatic nitrogens is 1. The van der Waals surface area contributed by atoms with Gasteiger partial charge in [-0.1, -0.05) is 0 Å². The lowest BCUT2D eigenvalue weighted by Gasteiger charge is -2.17. The van der Waals surface area contributed by atoms with E-state index in [1.807, 2.05) is 12.3 Å². The third-order valence-electron chi connectivity index (χ3n) is 2.91. The first kappa shape index (κ1) is 14.7. The fourth-order valence-corrected chi connectivity index (χ4v) is 3.44. The molecular weight excluding hydrogens is 284 g/mol. The maximum Gasteiger partial charge on any atom is 0.303 e. The fraction of sp³-hybridized carbons (Fsp3) is 0.727. The molecule has 1 heterocycles. The first-order chi connectivity index (χ1) is 8.97. The van der Waals surface area contributed by atoms with Gasteiger partial charge in [-0.2, -0.15) is 12.7 Å². The topological polar surface area (TPSA) is 74.3 Å². The van der Waals surface area contributed by atoms with Crippen LogP contribution in [0.1, 0.15) is 25.0 Å². The summed E-state index contributed by atoms with van der Waals surface area (Å²) in [6.45, 7) is 3.20. The van der Waals surface area contributed by atoms with Crippen molar-refractivity contribution in [3.05, 3.63) is 11.1 Å². The minimum atomic E-state index is -3.48. The predicted molar refractivity (Wildman–Crippen MR) is 77.7 cm³/mol. The van der Waals surface area contributed by atoms with E-state index < -0.39 is 10.2 Å². The number of anilines is 1. The maximum absolute atomic E-state index is 12.0. The molecule has 1 aliphatic rings. The van der Waals surface area contributed by atoms with E-state index in [4.69, 9.17) is 0 Å². The highest BCUT2D eigenvalue weighted by molar-refractivity contribution is 7.90. The van der Waals surface area contributed by atoms with E-state index in [0.29, 0.717) is 17.7 Å². The van der Waals surface area contributed by atoms with Crippen LogP contribution < -0.4 is 10.0 Å². The highest BCUT2D eigenvalue weighted by Crippen LogP contribution is 2.18. The molecule has 0 bridgehead atoms. The van der Waals surface area contributed by atoms with Crippen LogP contribution in [0.5, 0.6) is 0 Å². The summed E-state index contributed by atoms with van der Waals surface area (Å²) in [7, 11) is -1.90. The third kappa shape index (κ3) is 4.72. The van der Waals surface area contributed by atoms with E-state index in [-0.39, 0.29) is 0 Å². The zero-order valence-electron chi connectivity index (χ0n) is 11.2. The van der Waals surface area contributed by atoms with Crippen LogP contribution in [0.2, 0.25) is 0 Å². The first-order valence-corrected chi connectivity index (χ1v) is 8.69. The quantitative estimate of drug-likeness (QED) is 0.707. The van der Waals surface area contributed by atoms with Gasteiger partial charge in [-0.25, -0.2) is 9.71 Å². The summed E-state index contributed by atoms with van der Waals surface area (Å²) in [6, 6.07) is 0.665. The molecule has 1 fully saturated rings. The van der Waals surface area contributed by atoms with Crippen LogP contribution >= 0.6 is 11.3 Å². The molecule has 6 nitrogen and oxygen atoms in total. The van der Waals surface area contributed by atoms with E-state index in [1.165, 1.54) is 28.5 Å². The second-order valence-electron chi connectivity index (χ2n) is 4.80. The molecule has 8 heteroatoms. The van der Waals surface area contributed by atoms with Gasteiger partial charge in [0.15, 0.2) is 5.13 Å². The van der Waals surface area contributed by atoms with Gasteiger partial charge in [0, 0.05) is 25.0 Å². The second-order valence-corrected chi connectivity index (χ2v) is 7.44. The Kier molecular flexibility index (Phi) is 4.77. The average molecular weight is 304 g/mol. The summed E-state index contributed by atoms with van der Waals surface area (Å²) < 4.78 is 27.8. The number of rotatable bonds is 8. The molecule has 1 aromatic rings. The molecule has 0 aromatic carbocycles. The standard InChI is InChI=1S/C11H20N4O2S2/c1-9-8-18-11(13-9)14-19(16,17)15(2)7-3-6-12-10-4-5-10/h8,10,12H,3-7H2,1-2H3,(H,13,14). The number of aryl methyl sites for hydroxylation is 1. The van der Waals surface area contributed by atoms with E-state index in [9.17, 15) is 8.42 Å². The molecule has 108 valence electrons. The molecule has 1 aliphatic carbocycles. The zero-order chi connectivity index (χ0) is 13.9. The lowest BCUT2D eigenvalue weighted by Crippen LogP contribution is -2.34. The molecule has 19 heavy (non-hydrogen) atoms. The Balaban J connectivity index is 1.76. The van der Waals surface area contributed by atoms with Crippen LogP contribution in [-0.4, -0.2) is 43.9 Å². The maximum atomic E-state index is 12.0. The van der Waals surface area contributed by atoms with Crippen LogP contribution in [0, 0.1) is 6.92 Å². The molecule has 0 atom stereocenters. The lowest BCUT2D eigenvalue weighted by molar-refractivity contribution is 0.458. The van der Waals surface area contributed by atoms with Crippen molar-refractivity contribution in [1.29, 1.82) is 0 Å². The first-order valence-electron chi connectivity index (χ1n) is 6.37. The molecule has 1 aromatic heterocycles. The van der Waals surface area contributed by atoms with E-state index in [0.717, 1.165) is 18.7 Å². The van der Waals surface area contributed by atoms with Crippen molar-refractivity contribution in [3.8, 4) is 0 Å². The summed E-state index contributed by atoms with van der Waals surface area (Å²) in [5, 5.41) is 5.60. The number of nitrogens with zero attached hydrogens (tertiary/aromatic N) is 2. The van der Waals surface area contributed by atoms with Crippen LogP contribution in [-0.2, 0) is 10.2 Å². The predicted octanol–water partition coefficient (Wildman–Crippen LogP) is 1.18. The van der Waals surface area contributed by atoms with Crippen molar-refractivity contribution >= 4 is 26.7 Å². The van der Waals surface area contributed by atoms with Gasteiger partial charge >= 0.3 is 10.2 Å². The zero-order valence-corrected chi connectivity index (χ0v) is 12.9. The summed E-state index contributed by atoms with van der Waals surface area (Å²) in [4.78, 5) is 4.10. The molecule has 2 N–H and O–H groups in total. The number of thiazole rings is 1. The Morgan fingerprint density at radius 1 is 1.53 bits per heavy atom. The van der Waals surface area contributed by atoms with Gasteiger partial charge in [0.2, 0.25) is 0 Å². The van der Waals surface area contributed by atoms with Crippen LogP contribution in [0.3, 0.4) is 0 Å². The molecule has 0 aliphatic heterocycles. The van der Waals surface area contributed by atoms with Crippen molar-refractivity contribution in [2.75, 3.05) is 24.9 Å². The Bertz CT molecular complexity index is 511. The molecule has 1 saturated carbocycles. The molecule has 0 unspecified atom stereocenters. The lowest BCUT2D eigenvalue weighted by atomic mass is 10.4. The average Bonchev–Trinajstić information content (AvgIpc) is 3.08. The highest BCUT2D eigenvalue weighted by Gasteiger charge is 2.21. The number of nitrogens with one attached hydrogen (secondary N) is 2. The van der Waals surface area contributed by atoms with Crippen molar-refractivity contribution in [2.45, 2.75) is 32.2 Å². The van der Waals surface area contributed by atoms with Gasteiger partial charge in [-0.05, 0) is 32.7 Å². The highest BCUT2D eigenvalue weighted by atomic mass is 32.2. The number of hydrogen-bond donors (Lipinski definition) is 2.